The van der Waals surface area contributed by atoms with Crippen LogP contribution in [-0.2, 0) is 0 Å². The van der Waals surface area contributed by atoms with Crippen LogP contribution in [0.5, 0.6) is 0 Å². The van der Waals surface area contributed by atoms with Crippen molar-refractivity contribution in [2.75, 3.05) is 25.1 Å². The number of hydrogen-bond acceptors (Lipinski definition) is 2. The van der Waals surface area contributed by atoms with Crippen molar-refractivity contribution < 1.29 is 9.50 Å². The first kappa shape index (κ1) is 13.0. The molecule has 90 valence electrons. The zero-order valence-electron chi connectivity index (χ0n) is 10.2. The molecule has 1 unspecified atom stereocenters. The zero-order chi connectivity index (χ0) is 12.2. The normalized spacial score (nSPS) is 14.6. The smallest absolute Gasteiger partial charge is 0.123 e. The molecule has 1 N–H and O–H groups in total. The van der Waals surface area contributed by atoms with Crippen molar-refractivity contribution in [2.24, 2.45) is 5.41 Å². The predicted octanol–water partition coefficient (Wildman–Crippen LogP) is 2.67. The van der Waals surface area contributed by atoms with Crippen LogP contribution in [0.2, 0.25) is 0 Å². The SMILES string of the molecule is CCC(C)(CO)CN(C)c1ccc(F)cc1. The summed E-state index contributed by atoms with van der Waals surface area (Å²) in [5.74, 6) is -0.224. The lowest BCUT2D eigenvalue weighted by Crippen LogP contribution is -2.35. The molecule has 0 saturated carbocycles. The van der Waals surface area contributed by atoms with E-state index in [0.29, 0.717) is 0 Å². The Kier molecular flexibility index (Phi) is 4.30. The number of rotatable bonds is 5. The largest absolute Gasteiger partial charge is 0.396 e. The van der Waals surface area contributed by atoms with E-state index in [1.54, 1.807) is 12.1 Å². The Hall–Kier alpha value is -1.09. The first-order chi connectivity index (χ1) is 7.50. The summed E-state index contributed by atoms with van der Waals surface area (Å²) in [4.78, 5) is 2.04. The van der Waals surface area contributed by atoms with Crippen LogP contribution in [-0.4, -0.2) is 25.3 Å². The highest BCUT2D eigenvalue weighted by molar-refractivity contribution is 5.45. The number of nitrogens with zero attached hydrogens (tertiary/aromatic N) is 1. The molecule has 0 aromatic heterocycles. The van der Waals surface area contributed by atoms with Gasteiger partial charge in [0.2, 0.25) is 0 Å². The highest BCUT2D eigenvalue weighted by Crippen LogP contribution is 2.24. The van der Waals surface area contributed by atoms with Crippen LogP contribution >= 0.6 is 0 Å². The van der Waals surface area contributed by atoms with Crippen LogP contribution in [0, 0.1) is 11.2 Å². The van der Waals surface area contributed by atoms with Gasteiger partial charge in [-0.3, -0.25) is 0 Å². The fourth-order valence-electron chi connectivity index (χ4n) is 1.63. The quantitative estimate of drug-likeness (QED) is 0.832. The summed E-state index contributed by atoms with van der Waals surface area (Å²) in [5, 5.41) is 9.34. The van der Waals surface area contributed by atoms with E-state index < -0.39 is 0 Å². The second-order valence-corrected chi connectivity index (χ2v) is 4.65. The Morgan fingerprint density at radius 1 is 1.31 bits per heavy atom. The van der Waals surface area contributed by atoms with Gasteiger partial charge in [-0.25, -0.2) is 4.39 Å². The summed E-state index contributed by atoms with van der Waals surface area (Å²) in [6.07, 6.45) is 0.912. The Balaban J connectivity index is 2.71. The summed E-state index contributed by atoms with van der Waals surface area (Å²) in [5.41, 5.74) is 0.859. The second-order valence-electron chi connectivity index (χ2n) is 4.65. The lowest BCUT2D eigenvalue weighted by Gasteiger charge is -2.32. The van der Waals surface area contributed by atoms with Gasteiger partial charge >= 0.3 is 0 Å². The molecule has 0 aliphatic rings. The molecule has 16 heavy (non-hydrogen) atoms. The van der Waals surface area contributed by atoms with Gasteiger partial charge in [0.05, 0.1) is 6.61 Å². The van der Waals surface area contributed by atoms with Gasteiger partial charge in [0.25, 0.3) is 0 Å². The zero-order valence-corrected chi connectivity index (χ0v) is 10.2. The third-order valence-corrected chi connectivity index (χ3v) is 3.12. The Morgan fingerprint density at radius 2 is 1.88 bits per heavy atom. The summed E-state index contributed by atoms with van der Waals surface area (Å²) < 4.78 is 12.8. The molecular weight excluding hydrogens is 205 g/mol. The maximum Gasteiger partial charge on any atom is 0.123 e. The minimum Gasteiger partial charge on any atom is -0.396 e. The monoisotopic (exact) mass is 225 g/mol. The lowest BCUT2D eigenvalue weighted by atomic mass is 9.88. The molecule has 0 saturated heterocycles. The molecule has 1 rings (SSSR count). The molecule has 0 spiro atoms. The van der Waals surface area contributed by atoms with Crippen LogP contribution in [0.3, 0.4) is 0 Å². The highest BCUT2D eigenvalue weighted by Gasteiger charge is 2.23. The van der Waals surface area contributed by atoms with Gasteiger partial charge < -0.3 is 10.0 Å². The molecule has 0 aliphatic heterocycles. The second kappa shape index (κ2) is 5.30. The number of halogens is 1. The van der Waals surface area contributed by atoms with Crippen LogP contribution in [0.15, 0.2) is 24.3 Å². The molecule has 1 aromatic rings. The number of benzene rings is 1. The van der Waals surface area contributed by atoms with Crippen LogP contribution < -0.4 is 4.90 Å². The molecule has 0 fully saturated rings. The molecule has 0 amide bonds. The van der Waals surface area contributed by atoms with E-state index in [9.17, 15) is 9.50 Å². The van der Waals surface area contributed by atoms with Gasteiger partial charge in [0.1, 0.15) is 5.82 Å². The number of aliphatic hydroxyl groups excluding tert-OH is 1. The van der Waals surface area contributed by atoms with Crippen molar-refractivity contribution in [1.82, 2.24) is 0 Å². The molecule has 2 nitrogen and oxygen atoms in total. The van der Waals surface area contributed by atoms with Gasteiger partial charge in [0.15, 0.2) is 0 Å². The maximum absolute atomic E-state index is 12.8. The van der Waals surface area contributed by atoms with Crippen molar-refractivity contribution in [3.8, 4) is 0 Å². The minimum atomic E-state index is -0.224. The molecule has 0 heterocycles. The fourth-order valence-corrected chi connectivity index (χ4v) is 1.63. The maximum atomic E-state index is 12.8. The van der Waals surface area contributed by atoms with E-state index in [2.05, 4.69) is 6.92 Å². The first-order valence-electron chi connectivity index (χ1n) is 5.58. The average Bonchev–Trinajstić information content (AvgIpc) is 2.29. The van der Waals surface area contributed by atoms with E-state index in [4.69, 9.17) is 0 Å². The van der Waals surface area contributed by atoms with Gasteiger partial charge in [-0.05, 0) is 30.7 Å². The van der Waals surface area contributed by atoms with E-state index >= 15 is 0 Å². The van der Waals surface area contributed by atoms with Crippen molar-refractivity contribution >= 4 is 5.69 Å². The van der Waals surface area contributed by atoms with Gasteiger partial charge in [0, 0.05) is 24.7 Å². The van der Waals surface area contributed by atoms with Gasteiger partial charge in [-0.2, -0.15) is 0 Å². The molecular formula is C13H20FNO. The third-order valence-electron chi connectivity index (χ3n) is 3.12. The molecule has 3 heteroatoms. The van der Waals surface area contributed by atoms with Crippen LogP contribution in [0.25, 0.3) is 0 Å². The van der Waals surface area contributed by atoms with Crippen LogP contribution in [0.4, 0.5) is 10.1 Å². The standard InChI is InChI=1S/C13H20FNO/c1-4-13(2,10-16)9-15(3)12-7-5-11(14)6-8-12/h5-8,16H,4,9-10H2,1-3H3. The summed E-state index contributed by atoms with van der Waals surface area (Å²) >= 11 is 0. The number of aliphatic hydroxyl groups is 1. The van der Waals surface area contributed by atoms with Crippen molar-refractivity contribution in [1.29, 1.82) is 0 Å². The van der Waals surface area contributed by atoms with Crippen molar-refractivity contribution in [3.05, 3.63) is 30.1 Å². The van der Waals surface area contributed by atoms with Gasteiger partial charge in [-0.15, -0.1) is 0 Å². The third kappa shape index (κ3) is 3.20. The topological polar surface area (TPSA) is 23.5 Å². The Bertz CT molecular complexity index is 319. The first-order valence-corrected chi connectivity index (χ1v) is 5.58. The lowest BCUT2D eigenvalue weighted by molar-refractivity contribution is 0.144. The van der Waals surface area contributed by atoms with E-state index in [-0.39, 0.29) is 17.8 Å². The Morgan fingerprint density at radius 3 is 2.31 bits per heavy atom. The Labute approximate surface area is 96.7 Å². The molecule has 0 radical (unpaired) electrons. The highest BCUT2D eigenvalue weighted by atomic mass is 19.1. The van der Waals surface area contributed by atoms with Gasteiger partial charge in [-0.1, -0.05) is 13.8 Å². The van der Waals surface area contributed by atoms with Crippen LogP contribution in [0.1, 0.15) is 20.3 Å². The molecule has 1 atom stereocenters. The fraction of sp³-hybridized carbons (Fsp3) is 0.538. The van der Waals surface area contributed by atoms with Crippen molar-refractivity contribution in [3.63, 3.8) is 0 Å². The number of hydrogen-bond donors (Lipinski definition) is 1. The molecule has 0 aliphatic carbocycles. The predicted molar refractivity (Wildman–Crippen MR) is 65.2 cm³/mol. The van der Waals surface area contributed by atoms with Crippen molar-refractivity contribution in [2.45, 2.75) is 20.3 Å². The summed E-state index contributed by atoms with van der Waals surface area (Å²) in [7, 11) is 1.96. The summed E-state index contributed by atoms with van der Waals surface area (Å²) in [6.45, 7) is 5.03. The van der Waals surface area contributed by atoms with E-state index in [1.807, 2.05) is 18.9 Å². The van der Waals surface area contributed by atoms with E-state index in [0.717, 1.165) is 18.7 Å². The number of anilines is 1. The van der Waals surface area contributed by atoms with E-state index in [1.165, 1.54) is 12.1 Å². The molecule has 1 aromatic carbocycles. The average molecular weight is 225 g/mol. The molecule has 0 bridgehead atoms. The summed E-state index contributed by atoms with van der Waals surface area (Å²) in [6, 6.07) is 6.41. The minimum absolute atomic E-state index is 0.108.